The second-order valence-electron chi connectivity index (χ2n) is 7.56. The van der Waals surface area contributed by atoms with Gasteiger partial charge in [0.1, 0.15) is 0 Å². The fourth-order valence-corrected chi connectivity index (χ4v) is 3.98. The second kappa shape index (κ2) is 11.6. The Hall–Kier alpha value is -2.37. The molecule has 0 saturated carbocycles. The highest BCUT2D eigenvalue weighted by Gasteiger charge is 2.20. The number of ether oxygens (including phenoxy) is 1. The highest BCUT2D eigenvalue weighted by atomic mass is 16.5. The van der Waals surface area contributed by atoms with Crippen LogP contribution in [0.3, 0.4) is 0 Å². The Balaban J connectivity index is 1.36. The van der Waals surface area contributed by atoms with Crippen molar-refractivity contribution in [1.82, 2.24) is 15.1 Å². The van der Waals surface area contributed by atoms with Crippen LogP contribution in [0.4, 0.5) is 4.79 Å². The van der Waals surface area contributed by atoms with E-state index < -0.39 is 0 Å². The molecule has 0 atom stereocenters. The molecule has 1 N–H and O–H groups in total. The average molecular weight is 396 g/mol. The van der Waals surface area contributed by atoms with Gasteiger partial charge in [-0.25, -0.2) is 4.79 Å². The molecule has 2 aromatic carbocycles. The molecule has 5 heteroatoms. The predicted molar refractivity (Wildman–Crippen MR) is 117 cm³/mol. The maximum absolute atomic E-state index is 11.5. The van der Waals surface area contributed by atoms with E-state index in [1.807, 2.05) is 0 Å². The number of carbonyl (C=O) groups excluding carboxylic acids is 1. The molecule has 156 valence electrons. The van der Waals surface area contributed by atoms with Crippen molar-refractivity contribution in [3.63, 3.8) is 0 Å². The molecule has 1 heterocycles. The lowest BCUT2D eigenvalue weighted by molar-refractivity contribution is 0.0907. The predicted octanol–water partition coefficient (Wildman–Crippen LogP) is 3.57. The van der Waals surface area contributed by atoms with Crippen LogP contribution >= 0.6 is 0 Å². The standard InChI is InChI=1S/C24H33N3O2/c1-29-24(28)27-19-17-26(18-20-27)16-8-14-25-15-13-23(21-9-4-2-5-10-21)22-11-6-3-7-12-22/h2-7,9-12,23,25H,8,13-20H2,1H3. The highest BCUT2D eigenvalue weighted by molar-refractivity contribution is 5.67. The summed E-state index contributed by atoms with van der Waals surface area (Å²) in [6, 6.07) is 21.6. The topological polar surface area (TPSA) is 44.8 Å². The first-order chi connectivity index (χ1) is 14.3. The van der Waals surface area contributed by atoms with E-state index in [4.69, 9.17) is 4.74 Å². The Morgan fingerprint density at radius 1 is 0.931 bits per heavy atom. The molecule has 3 rings (SSSR count). The minimum absolute atomic E-state index is 0.210. The van der Waals surface area contributed by atoms with Crippen molar-refractivity contribution in [3.8, 4) is 0 Å². The van der Waals surface area contributed by atoms with Gasteiger partial charge in [0, 0.05) is 32.1 Å². The second-order valence-corrected chi connectivity index (χ2v) is 7.56. The summed E-state index contributed by atoms with van der Waals surface area (Å²) in [5.41, 5.74) is 2.76. The Morgan fingerprint density at radius 2 is 1.52 bits per heavy atom. The minimum Gasteiger partial charge on any atom is -0.453 e. The molecular weight excluding hydrogens is 362 g/mol. The number of rotatable bonds is 9. The summed E-state index contributed by atoms with van der Waals surface area (Å²) in [6.07, 6.45) is 2.00. The van der Waals surface area contributed by atoms with E-state index in [0.717, 1.165) is 58.7 Å². The average Bonchev–Trinajstić information content (AvgIpc) is 2.79. The first kappa shape index (κ1) is 21.3. The maximum Gasteiger partial charge on any atom is 0.409 e. The van der Waals surface area contributed by atoms with Crippen LogP contribution in [0.25, 0.3) is 0 Å². The van der Waals surface area contributed by atoms with Crippen molar-refractivity contribution < 1.29 is 9.53 Å². The van der Waals surface area contributed by atoms with Crippen LogP contribution in [0.1, 0.15) is 29.9 Å². The fourth-order valence-electron chi connectivity index (χ4n) is 3.98. The van der Waals surface area contributed by atoms with Gasteiger partial charge >= 0.3 is 6.09 Å². The Kier molecular flexibility index (Phi) is 8.53. The number of hydrogen-bond donors (Lipinski definition) is 1. The van der Waals surface area contributed by atoms with E-state index in [1.165, 1.54) is 18.2 Å². The zero-order chi connectivity index (χ0) is 20.3. The Bertz CT molecular complexity index is 676. The van der Waals surface area contributed by atoms with Gasteiger partial charge in [0.15, 0.2) is 0 Å². The number of piperazine rings is 1. The summed E-state index contributed by atoms with van der Waals surface area (Å²) in [7, 11) is 1.44. The summed E-state index contributed by atoms with van der Waals surface area (Å²) in [5.74, 6) is 0.427. The van der Waals surface area contributed by atoms with Crippen molar-refractivity contribution in [2.24, 2.45) is 0 Å². The molecule has 1 aliphatic heterocycles. The van der Waals surface area contributed by atoms with Crippen LogP contribution in [-0.4, -0.2) is 68.8 Å². The highest BCUT2D eigenvalue weighted by Crippen LogP contribution is 2.27. The van der Waals surface area contributed by atoms with E-state index in [0.29, 0.717) is 5.92 Å². The lowest BCUT2D eigenvalue weighted by atomic mass is 9.88. The van der Waals surface area contributed by atoms with E-state index in [2.05, 4.69) is 70.9 Å². The van der Waals surface area contributed by atoms with Crippen molar-refractivity contribution in [3.05, 3.63) is 71.8 Å². The van der Waals surface area contributed by atoms with Crippen LogP contribution in [-0.2, 0) is 4.74 Å². The Morgan fingerprint density at radius 3 is 2.07 bits per heavy atom. The molecule has 1 aliphatic rings. The quantitative estimate of drug-likeness (QED) is 0.660. The number of carbonyl (C=O) groups is 1. The van der Waals surface area contributed by atoms with Crippen molar-refractivity contribution >= 4 is 6.09 Å². The van der Waals surface area contributed by atoms with E-state index in [1.54, 1.807) is 4.90 Å². The van der Waals surface area contributed by atoms with Gasteiger partial charge in [-0.2, -0.15) is 0 Å². The molecule has 0 bridgehead atoms. The lowest BCUT2D eigenvalue weighted by Gasteiger charge is -2.33. The van der Waals surface area contributed by atoms with Gasteiger partial charge in [-0.15, -0.1) is 0 Å². The van der Waals surface area contributed by atoms with E-state index in [9.17, 15) is 4.79 Å². The van der Waals surface area contributed by atoms with Gasteiger partial charge in [0.25, 0.3) is 0 Å². The number of hydrogen-bond acceptors (Lipinski definition) is 4. The van der Waals surface area contributed by atoms with Crippen LogP contribution in [0.2, 0.25) is 0 Å². The molecule has 5 nitrogen and oxygen atoms in total. The zero-order valence-corrected chi connectivity index (χ0v) is 17.4. The van der Waals surface area contributed by atoms with Crippen molar-refractivity contribution in [2.75, 3.05) is 52.9 Å². The van der Waals surface area contributed by atoms with Crippen LogP contribution in [0, 0.1) is 0 Å². The first-order valence-electron chi connectivity index (χ1n) is 10.6. The van der Waals surface area contributed by atoms with Gasteiger partial charge in [-0.3, -0.25) is 4.90 Å². The number of methoxy groups -OCH3 is 1. The molecule has 2 aromatic rings. The third kappa shape index (κ3) is 6.58. The number of amides is 1. The number of nitrogens with zero attached hydrogens (tertiary/aromatic N) is 2. The van der Waals surface area contributed by atoms with Gasteiger partial charge in [0.2, 0.25) is 0 Å². The van der Waals surface area contributed by atoms with Gasteiger partial charge in [-0.05, 0) is 43.6 Å². The molecule has 1 amide bonds. The lowest BCUT2D eigenvalue weighted by Crippen LogP contribution is -2.49. The summed E-state index contributed by atoms with van der Waals surface area (Å²) in [4.78, 5) is 15.7. The Labute approximate surface area is 174 Å². The molecule has 29 heavy (non-hydrogen) atoms. The SMILES string of the molecule is COC(=O)N1CCN(CCCNCCC(c2ccccc2)c2ccccc2)CC1. The molecular formula is C24H33N3O2. The van der Waals surface area contributed by atoms with Gasteiger partial charge in [0.05, 0.1) is 7.11 Å². The van der Waals surface area contributed by atoms with Crippen molar-refractivity contribution in [1.29, 1.82) is 0 Å². The van der Waals surface area contributed by atoms with Gasteiger partial charge < -0.3 is 15.0 Å². The summed E-state index contributed by atoms with van der Waals surface area (Å²) in [6.45, 7) is 6.48. The van der Waals surface area contributed by atoms with Crippen LogP contribution < -0.4 is 5.32 Å². The van der Waals surface area contributed by atoms with Gasteiger partial charge in [-0.1, -0.05) is 60.7 Å². The third-order valence-corrected chi connectivity index (χ3v) is 5.65. The van der Waals surface area contributed by atoms with Crippen molar-refractivity contribution in [2.45, 2.75) is 18.8 Å². The van der Waals surface area contributed by atoms with E-state index in [-0.39, 0.29) is 6.09 Å². The zero-order valence-electron chi connectivity index (χ0n) is 17.4. The number of benzene rings is 2. The summed E-state index contributed by atoms with van der Waals surface area (Å²) in [5, 5.41) is 3.62. The number of nitrogens with one attached hydrogen (secondary N) is 1. The fraction of sp³-hybridized carbons (Fsp3) is 0.458. The molecule has 0 radical (unpaired) electrons. The van der Waals surface area contributed by atoms with Crippen LogP contribution in [0.5, 0.6) is 0 Å². The third-order valence-electron chi connectivity index (χ3n) is 5.65. The maximum atomic E-state index is 11.5. The minimum atomic E-state index is -0.210. The molecule has 0 aromatic heterocycles. The molecule has 1 saturated heterocycles. The smallest absolute Gasteiger partial charge is 0.409 e. The molecule has 0 spiro atoms. The van der Waals surface area contributed by atoms with Crippen LogP contribution in [0.15, 0.2) is 60.7 Å². The molecule has 0 aliphatic carbocycles. The normalized spacial score (nSPS) is 14.9. The van der Waals surface area contributed by atoms with E-state index >= 15 is 0 Å². The summed E-state index contributed by atoms with van der Waals surface area (Å²) >= 11 is 0. The molecule has 1 fully saturated rings. The summed E-state index contributed by atoms with van der Waals surface area (Å²) < 4.78 is 4.79. The largest absolute Gasteiger partial charge is 0.453 e. The monoisotopic (exact) mass is 395 g/mol. The first-order valence-corrected chi connectivity index (χ1v) is 10.6. The molecule has 0 unspecified atom stereocenters.